The Morgan fingerprint density at radius 3 is 1.11 bits per heavy atom. The highest BCUT2D eigenvalue weighted by Crippen LogP contribution is 2.32. The van der Waals surface area contributed by atoms with Crippen LogP contribution in [0.1, 0.15) is 22.3 Å². The molecule has 6 rings (SSSR count). The molecule has 6 heteroatoms. The lowest BCUT2D eigenvalue weighted by molar-refractivity contribution is -0.385. The zero-order valence-corrected chi connectivity index (χ0v) is 24.7. The molecule has 0 aromatic heterocycles. The summed E-state index contributed by atoms with van der Waals surface area (Å²) in [5.41, 5.74) is 8.92. The van der Waals surface area contributed by atoms with Crippen LogP contribution in [0.4, 0.5) is 11.4 Å². The van der Waals surface area contributed by atoms with E-state index in [4.69, 9.17) is 0 Å². The fraction of sp³-hybridized carbons (Fsp3) is 0. The molecule has 6 aromatic carbocycles. The number of hydrogen-bond donors (Lipinski definition) is 0. The molecule has 222 valence electrons. The van der Waals surface area contributed by atoms with E-state index < -0.39 is 9.85 Å². The molecule has 0 N–H and O–H groups in total. The van der Waals surface area contributed by atoms with E-state index in [2.05, 4.69) is 72.8 Å². The van der Waals surface area contributed by atoms with Gasteiger partial charge < -0.3 is 0 Å². The van der Waals surface area contributed by atoms with Gasteiger partial charge in [0.1, 0.15) is 0 Å². The Morgan fingerprint density at radius 2 is 0.739 bits per heavy atom. The van der Waals surface area contributed by atoms with Gasteiger partial charge in [0.15, 0.2) is 0 Å². The zero-order valence-electron chi connectivity index (χ0n) is 24.7. The third-order valence-corrected chi connectivity index (χ3v) is 7.76. The van der Waals surface area contributed by atoms with Crippen LogP contribution >= 0.6 is 0 Å². The van der Waals surface area contributed by atoms with Crippen molar-refractivity contribution in [2.75, 3.05) is 0 Å². The van der Waals surface area contributed by atoms with Gasteiger partial charge in [0.25, 0.3) is 11.4 Å². The van der Waals surface area contributed by atoms with Crippen molar-refractivity contribution in [1.29, 1.82) is 0 Å². The van der Waals surface area contributed by atoms with Crippen molar-refractivity contribution in [2.45, 2.75) is 0 Å². The predicted octanol–water partition coefficient (Wildman–Crippen LogP) is 10.4. The summed E-state index contributed by atoms with van der Waals surface area (Å²) in [5.74, 6) is 0. The summed E-state index contributed by atoms with van der Waals surface area (Å²) in [7, 11) is 0. The van der Waals surface area contributed by atoms with E-state index in [-0.39, 0.29) is 11.4 Å². The summed E-state index contributed by atoms with van der Waals surface area (Å²) in [4.78, 5) is 22.4. The van der Waals surface area contributed by atoms with E-state index in [0.717, 1.165) is 39.0 Å². The lowest BCUT2D eigenvalue weighted by Crippen LogP contribution is -1.94. The molecule has 0 bridgehead atoms. The molecule has 0 saturated carbocycles. The Labute approximate surface area is 266 Å². The lowest BCUT2D eigenvalue weighted by Gasteiger charge is -2.12. The number of nitro groups is 2. The highest BCUT2D eigenvalue weighted by molar-refractivity contribution is 5.88. The van der Waals surface area contributed by atoms with E-state index in [9.17, 15) is 20.2 Å². The monoisotopic (exact) mass is 600 g/mol. The minimum absolute atomic E-state index is 0.0639. The van der Waals surface area contributed by atoms with Crippen LogP contribution in [0.3, 0.4) is 0 Å². The summed E-state index contributed by atoms with van der Waals surface area (Å²) in [6.07, 6.45) is 3.85. The molecule has 0 fully saturated rings. The SMILES string of the molecule is O=[N+]([O-])c1cccc(C(=CC=C(c2ccc(-c3ccccc3)cc2)c2ccc(-c3ccccc3)cc2)c2cccc([N+](=O)[O-])c2)c1. The summed E-state index contributed by atoms with van der Waals surface area (Å²) in [6.45, 7) is 0. The second-order valence-electron chi connectivity index (χ2n) is 10.7. The largest absolute Gasteiger partial charge is 0.270 e. The highest BCUT2D eigenvalue weighted by Gasteiger charge is 2.14. The van der Waals surface area contributed by atoms with Crippen LogP contribution in [0.2, 0.25) is 0 Å². The first-order chi connectivity index (χ1) is 22.5. The molecule has 0 heterocycles. The molecule has 0 unspecified atom stereocenters. The van der Waals surface area contributed by atoms with Gasteiger partial charge in [0.05, 0.1) is 9.85 Å². The molecule has 0 radical (unpaired) electrons. The average molecular weight is 601 g/mol. The number of allylic oxidation sites excluding steroid dienone is 2. The molecule has 0 atom stereocenters. The van der Waals surface area contributed by atoms with Crippen LogP contribution in [0.25, 0.3) is 33.4 Å². The smallest absolute Gasteiger partial charge is 0.258 e. The van der Waals surface area contributed by atoms with Crippen molar-refractivity contribution in [3.8, 4) is 22.3 Å². The molecular weight excluding hydrogens is 572 g/mol. The van der Waals surface area contributed by atoms with Gasteiger partial charge in [-0.05, 0) is 55.7 Å². The molecule has 0 spiro atoms. The van der Waals surface area contributed by atoms with Gasteiger partial charge in [-0.15, -0.1) is 0 Å². The van der Waals surface area contributed by atoms with Crippen molar-refractivity contribution in [2.24, 2.45) is 0 Å². The van der Waals surface area contributed by atoms with E-state index in [1.54, 1.807) is 24.3 Å². The van der Waals surface area contributed by atoms with Crippen LogP contribution < -0.4 is 0 Å². The Kier molecular flexibility index (Phi) is 8.70. The molecule has 0 aliphatic rings. The summed E-state index contributed by atoms with van der Waals surface area (Å²) in [6, 6.07) is 49.6. The third-order valence-electron chi connectivity index (χ3n) is 7.76. The molecule has 0 aliphatic heterocycles. The first-order valence-electron chi connectivity index (χ1n) is 14.7. The minimum Gasteiger partial charge on any atom is -0.258 e. The van der Waals surface area contributed by atoms with Gasteiger partial charge in [-0.2, -0.15) is 0 Å². The molecule has 6 aromatic rings. The maximum Gasteiger partial charge on any atom is 0.270 e. The molecule has 0 amide bonds. The predicted molar refractivity (Wildman–Crippen MR) is 184 cm³/mol. The molecule has 46 heavy (non-hydrogen) atoms. The Balaban J connectivity index is 1.51. The summed E-state index contributed by atoms with van der Waals surface area (Å²) in [5, 5.41) is 23.3. The Bertz CT molecular complexity index is 1920. The number of non-ortho nitro benzene ring substituents is 2. The van der Waals surface area contributed by atoms with Crippen LogP contribution in [0, 0.1) is 20.2 Å². The van der Waals surface area contributed by atoms with Gasteiger partial charge in [-0.1, -0.05) is 146 Å². The number of nitro benzene ring substituents is 2. The first kappa shape index (κ1) is 29.7. The van der Waals surface area contributed by atoms with Crippen molar-refractivity contribution in [3.05, 3.63) is 212 Å². The molecule has 0 aliphatic carbocycles. The average Bonchev–Trinajstić information content (AvgIpc) is 3.11. The van der Waals surface area contributed by atoms with Gasteiger partial charge in [0, 0.05) is 24.3 Å². The van der Waals surface area contributed by atoms with Crippen LogP contribution in [0.5, 0.6) is 0 Å². The highest BCUT2D eigenvalue weighted by atomic mass is 16.6. The van der Waals surface area contributed by atoms with Crippen molar-refractivity contribution in [3.63, 3.8) is 0 Å². The fourth-order valence-corrected chi connectivity index (χ4v) is 5.40. The topological polar surface area (TPSA) is 86.3 Å². The normalized spacial score (nSPS) is 10.5. The van der Waals surface area contributed by atoms with Gasteiger partial charge in [-0.25, -0.2) is 0 Å². The van der Waals surface area contributed by atoms with Crippen LogP contribution in [0.15, 0.2) is 170 Å². The molecule has 0 saturated heterocycles. The number of nitrogens with zero attached hydrogens (tertiary/aromatic N) is 2. The maximum atomic E-state index is 11.6. The molecule has 6 nitrogen and oxygen atoms in total. The van der Waals surface area contributed by atoms with E-state index in [1.807, 2.05) is 48.6 Å². The number of hydrogen-bond acceptors (Lipinski definition) is 4. The third kappa shape index (κ3) is 6.72. The van der Waals surface area contributed by atoms with Crippen molar-refractivity contribution < 1.29 is 9.85 Å². The van der Waals surface area contributed by atoms with Crippen LogP contribution in [-0.4, -0.2) is 9.85 Å². The Morgan fingerprint density at radius 1 is 0.391 bits per heavy atom. The van der Waals surface area contributed by atoms with E-state index >= 15 is 0 Å². The van der Waals surface area contributed by atoms with Gasteiger partial charge >= 0.3 is 0 Å². The molecular formula is C40H28N2O4. The van der Waals surface area contributed by atoms with Gasteiger partial charge in [0.2, 0.25) is 0 Å². The van der Waals surface area contributed by atoms with Crippen molar-refractivity contribution >= 4 is 22.5 Å². The van der Waals surface area contributed by atoms with E-state index in [0.29, 0.717) is 16.7 Å². The van der Waals surface area contributed by atoms with Crippen molar-refractivity contribution in [1.82, 2.24) is 0 Å². The number of benzene rings is 6. The quantitative estimate of drug-likeness (QED) is 0.0938. The summed E-state index contributed by atoms with van der Waals surface area (Å²) >= 11 is 0. The zero-order chi connectivity index (χ0) is 31.9. The summed E-state index contributed by atoms with van der Waals surface area (Å²) < 4.78 is 0. The standard InChI is InChI=1S/C40H28N2O4/c43-41(44)37-15-7-13-35(27-37)40(36-14-8-16-38(28-36)42(45)46)26-25-39(33-21-17-31(18-22-33)29-9-3-1-4-10-29)34-23-19-32(20-24-34)30-11-5-2-6-12-30/h1-28H. The van der Waals surface area contributed by atoms with Crippen LogP contribution in [-0.2, 0) is 0 Å². The lowest BCUT2D eigenvalue weighted by atomic mass is 9.92. The van der Waals surface area contributed by atoms with E-state index in [1.165, 1.54) is 24.3 Å². The first-order valence-corrected chi connectivity index (χ1v) is 14.7. The fourth-order valence-electron chi connectivity index (χ4n) is 5.40. The second kappa shape index (κ2) is 13.5. The second-order valence-corrected chi connectivity index (χ2v) is 10.7. The number of rotatable bonds is 9. The Hall–Kier alpha value is -6.40. The van der Waals surface area contributed by atoms with Gasteiger partial charge in [-0.3, -0.25) is 20.2 Å². The maximum absolute atomic E-state index is 11.6. The minimum atomic E-state index is -0.446.